The highest BCUT2D eigenvalue weighted by Crippen LogP contribution is 2.39. The zero-order valence-electron chi connectivity index (χ0n) is 20.4. The summed E-state index contributed by atoms with van der Waals surface area (Å²) in [5, 5.41) is 7.71. The molecule has 2 aromatic heterocycles. The number of benzene rings is 1. The highest BCUT2D eigenvalue weighted by molar-refractivity contribution is 6.31. The second kappa shape index (κ2) is 9.24. The molecule has 1 aromatic carbocycles. The molecule has 1 N–H and O–H groups in total. The summed E-state index contributed by atoms with van der Waals surface area (Å²) in [5.41, 5.74) is 1.13. The molecule has 36 heavy (non-hydrogen) atoms. The Morgan fingerprint density at radius 1 is 1.22 bits per heavy atom. The van der Waals surface area contributed by atoms with E-state index >= 15 is 0 Å². The molecule has 0 spiro atoms. The largest absolute Gasteiger partial charge is 0.444 e. The van der Waals surface area contributed by atoms with E-state index in [1.807, 2.05) is 6.07 Å². The van der Waals surface area contributed by atoms with E-state index in [2.05, 4.69) is 15.3 Å². The van der Waals surface area contributed by atoms with E-state index in [1.165, 1.54) is 17.0 Å². The summed E-state index contributed by atoms with van der Waals surface area (Å²) in [4.78, 5) is 33.4. The molecule has 9 nitrogen and oxygen atoms in total. The Morgan fingerprint density at radius 2 is 2.00 bits per heavy atom. The van der Waals surface area contributed by atoms with Gasteiger partial charge < -0.3 is 19.9 Å². The van der Waals surface area contributed by atoms with Crippen LogP contribution >= 0.6 is 11.6 Å². The lowest BCUT2D eigenvalue weighted by atomic mass is 10.00. The van der Waals surface area contributed by atoms with Gasteiger partial charge in [-0.2, -0.15) is 5.10 Å². The molecular weight excluding hydrogens is 487 g/mol. The van der Waals surface area contributed by atoms with Crippen molar-refractivity contribution in [1.29, 1.82) is 0 Å². The van der Waals surface area contributed by atoms with Crippen molar-refractivity contribution < 1.29 is 18.7 Å². The average molecular weight is 515 g/mol. The van der Waals surface area contributed by atoms with Gasteiger partial charge in [0.2, 0.25) is 5.91 Å². The van der Waals surface area contributed by atoms with E-state index < -0.39 is 11.7 Å². The van der Waals surface area contributed by atoms with Gasteiger partial charge in [0.25, 0.3) is 0 Å². The van der Waals surface area contributed by atoms with Gasteiger partial charge in [0.15, 0.2) is 5.65 Å². The third-order valence-electron chi connectivity index (χ3n) is 6.38. The van der Waals surface area contributed by atoms with Crippen LogP contribution in [0.4, 0.5) is 20.7 Å². The minimum absolute atomic E-state index is 0.0991. The number of anilines is 2. The number of ether oxygens (including phenoxy) is 1. The van der Waals surface area contributed by atoms with Crippen molar-refractivity contribution in [3.05, 3.63) is 53.1 Å². The Kier molecular flexibility index (Phi) is 6.23. The van der Waals surface area contributed by atoms with E-state index in [4.69, 9.17) is 21.3 Å². The molecule has 0 aliphatic carbocycles. The number of nitrogens with zero attached hydrogens (tertiary/aromatic N) is 5. The third-order valence-corrected chi connectivity index (χ3v) is 6.72. The number of likely N-dealkylation sites (tertiary alicyclic amines) is 1. The molecule has 2 fully saturated rings. The van der Waals surface area contributed by atoms with Crippen molar-refractivity contribution in [3.63, 3.8) is 0 Å². The van der Waals surface area contributed by atoms with Gasteiger partial charge in [-0.25, -0.2) is 18.7 Å². The summed E-state index contributed by atoms with van der Waals surface area (Å²) in [6, 6.07) is 6.16. The molecule has 1 unspecified atom stereocenters. The predicted molar refractivity (Wildman–Crippen MR) is 134 cm³/mol. The number of fused-ring (bicyclic) bond motifs is 1. The fourth-order valence-electron chi connectivity index (χ4n) is 4.60. The molecule has 2 aliphatic heterocycles. The minimum Gasteiger partial charge on any atom is -0.444 e. The Morgan fingerprint density at radius 3 is 2.75 bits per heavy atom. The van der Waals surface area contributed by atoms with Crippen LogP contribution in [0.2, 0.25) is 5.02 Å². The molecule has 0 saturated carbocycles. The summed E-state index contributed by atoms with van der Waals surface area (Å²) in [6.45, 7) is 6.75. The van der Waals surface area contributed by atoms with Crippen LogP contribution in [0.5, 0.6) is 0 Å². The van der Waals surface area contributed by atoms with Gasteiger partial charge in [0.1, 0.15) is 22.9 Å². The first kappa shape index (κ1) is 24.3. The van der Waals surface area contributed by atoms with Crippen molar-refractivity contribution in [3.8, 4) is 0 Å². The van der Waals surface area contributed by atoms with E-state index in [0.29, 0.717) is 35.3 Å². The Balaban J connectivity index is 1.30. The summed E-state index contributed by atoms with van der Waals surface area (Å²) >= 11 is 6.39. The highest BCUT2D eigenvalue weighted by Gasteiger charge is 2.38. The maximum atomic E-state index is 13.9. The number of hydrogen-bond acceptors (Lipinski definition) is 6. The molecule has 2 saturated heterocycles. The second-order valence-electron chi connectivity index (χ2n) is 10.2. The second-order valence-corrected chi connectivity index (χ2v) is 10.6. The number of halogens is 2. The molecule has 4 heterocycles. The maximum Gasteiger partial charge on any atom is 0.410 e. The lowest BCUT2D eigenvalue weighted by molar-refractivity contribution is -0.124. The van der Waals surface area contributed by atoms with E-state index in [1.54, 1.807) is 43.7 Å². The zero-order chi connectivity index (χ0) is 25.6. The first-order valence-electron chi connectivity index (χ1n) is 11.9. The summed E-state index contributed by atoms with van der Waals surface area (Å²) in [5.74, 6) is -0.177. The predicted octanol–water partition coefficient (Wildman–Crippen LogP) is 4.67. The lowest BCUT2D eigenvalue weighted by Gasteiger charge is -2.38. The van der Waals surface area contributed by atoms with Crippen molar-refractivity contribution in [2.45, 2.75) is 45.3 Å². The van der Waals surface area contributed by atoms with E-state index in [-0.39, 0.29) is 23.7 Å². The van der Waals surface area contributed by atoms with Crippen molar-refractivity contribution >= 4 is 40.8 Å². The van der Waals surface area contributed by atoms with Crippen LogP contribution in [-0.4, -0.2) is 56.7 Å². The smallest absolute Gasteiger partial charge is 0.410 e. The molecule has 5 rings (SSSR count). The van der Waals surface area contributed by atoms with Gasteiger partial charge in [0.05, 0.1) is 18.2 Å². The van der Waals surface area contributed by atoms with Gasteiger partial charge in [-0.05, 0) is 63.4 Å². The minimum atomic E-state index is -0.584. The zero-order valence-corrected chi connectivity index (χ0v) is 21.1. The van der Waals surface area contributed by atoms with Crippen LogP contribution in [-0.2, 0) is 9.53 Å². The number of nitrogens with one attached hydrogen (secondary N) is 1. The number of aromatic nitrogens is 3. The molecular formula is C25H28ClFN6O3. The van der Waals surface area contributed by atoms with Crippen molar-refractivity contribution in [1.82, 2.24) is 19.5 Å². The molecule has 2 aliphatic rings. The number of carbonyl (C=O) groups excluding carboxylic acids is 2. The number of hydrogen-bond donors (Lipinski definition) is 1. The van der Waals surface area contributed by atoms with Gasteiger partial charge in [0, 0.05) is 30.9 Å². The van der Waals surface area contributed by atoms with Gasteiger partial charge in [-0.3, -0.25) is 4.79 Å². The molecule has 11 heteroatoms. The Labute approximate surface area is 213 Å². The molecule has 0 radical (unpaired) electrons. The number of rotatable bonds is 4. The van der Waals surface area contributed by atoms with Gasteiger partial charge >= 0.3 is 6.09 Å². The van der Waals surface area contributed by atoms with E-state index in [0.717, 1.165) is 24.9 Å². The molecule has 0 bridgehead atoms. The van der Waals surface area contributed by atoms with Gasteiger partial charge in [-0.1, -0.05) is 11.6 Å². The van der Waals surface area contributed by atoms with Crippen LogP contribution in [0, 0.1) is 11.7 Å². The number of amides is 2. The van der Waals surface area contributed by atoms with Crippen molar-refractivity contribution in [2.75, 3.05) is 29.9 Å². The molecule has 3 aromatic rings. The Hall–Kier alpha value is -3.40. The highest BCUT2D eigenvalue weighted by atomic mass is 35.5. The first-order chi connectivity index (χ1) is 17.1. The molecule has 2 amide bonds. The monoisotopic (exact) mass is 514 g/mol. The summed E-state index contributed by atoms with van der Waals surface area (Å²) in [7, 11) is 0. The van der Waals surface area contributed by atoms with Crippen molar-refractivity contribution in [2.24, 2.45) is 5.92 Å². The van der Waals surface area contributed by atoms with Crippen LogP contribution < -0.4 is 10.2 Å². The van der Waals surface area contributed by atoms with E-state index in [9.17, 15) is 14.0 Å². The number of carbonyl (C=O) groups is 2. The van der Waals surface area contributed by atoms with Crippen LogP contribution in [0.15, 0.2) is 36.7 Å². The van der Waals surface area contributed by atoms with Crippen LogP contribution in [0.3, 0.4) is 0 Å². The normalized spacial score (nSPS) is 18.4. The standard InChI is InChI=1S/C25H28ClFN6O3/c1-25(2,3)36-24(35)31-13-15(14-31)23(34)29-19-12-28-33-10-8-21(30-22(19)33)32-9-4-5-20(32)17-11-16(27)6-7-18(17)26/h6-8,10-12,15,20H,4-5,9,13-14H2,1-3H3,(H,29,34). The topological polar surface area (TPSA) is 92.1 Å². The summed E-state index contributed by atoms with van der Waals surface area (Å²) in [6.07, 6.45) is 4.66. The summed E-state index contributed by atoms with van der Waals surface area (Å²) < 4.78 is 20.9. The maximum absolute atomic E-state index is 13.9. The van der Waals surface area contributed by atoms with Gasteiger partial charge in [-0.15, -0.1) is 0 Å². The first-order valence-corrected chi connectivity index (χ1v) is 12.3. The fraction of sp³-hybridized carbons (Fsp3) is 0.440. The van der Waals surface area contributed by atoms with Crippen LogP contribution in [0.25, 0.3) is 5.65 Å². The fourth-order valence-corrected chi connectivity index (χ4v) is 4.84. The Bertz CT molecular complexity index is 1320. The quantitative estimate of drug-likeness (QED) is 0.544. The lowest BCUT2D eigenvalue weighted by Crippen LogP contribution is -2.55. The molecule has 1 atom stereocenters. The average Bonchev–Trinajstić information content (AvgIpc) is 3.40. The SMILES string of the molecule is CC(C)(C)OC(=O)N1CC(C(=O)Nc2cnn3ccc(N4CCCC4c4cc(F)ccc4Cl)nc23)C1. The molecule has 190 valence electrons. The third kappa shape index (κ3) is 4.82. The van der Waals surface area contributed by atoms with Crippen LogP contribution in [0.1, 0.15) is 45.2 Å².